The van der Waals surface area contributed by atoms with Crippen LogP contribution in [-0.4, -0.2) is 40.4 Å². The van der Waals surface area contributed by atoms with Crippen molar-refractivity contribution in [2.24, 2.45) is 0 Å². The molecule has 1 aromatic carbocycles. The third-order valence-corrected chi connectivity index (χ3v) is 2.68. The van der Waals surface area contributed by atoms with E-state index in [-0.39, 0.29) is 6.61 Å². The Morgan fingerprint density at radius 1 is 1.47 bits per heavy atom. The highest BCUT2D eigenvalue weighted by atomic mass is 35.5. The SMILES string of the molecule is CC(O)(CO)NC(=O)C(Cl)COCc1ccccc1. The number of amides is 1. The second kappa shape index (κ2) is 7.45. The Kier molecular flexibility index (Phi) is 6.24. The Morgan fingerprint density at radius 2 is 2.11 bits per heavy atom. The molecule has 0 saturated heterocycles. The Morgan fingerprint density at radius 3 is 2.68 bits per heavy atom. The summed E-state index contributed by atoms with van der Waals surface area (Å²) < 4.78 is 5.31. The molecule has 5 nitrogen and oxygen atoms in total. The molecule has 106 valence electrons. The number of hydrogen-bond acceptors (Lipinski definition) is 4. The summed E-state index contributed by atoms with van der Waals surface area (Å²) in [6.07, 6.45) is 0. The first-order valence-corrected chi connectivity index (χ1v) is 6.29. The van der Waals surface area contributed by atoms with Gasteiger partial charge >= 0.3 is 0 Å². The molecule has 2 atom stereocenters. The Labute approximate surface area is 117 Å². The fraction of sp³-hybridized carbons (Fsp3) is 0.462. The molecule has 1 aromatic rings. The fourth-order valence-electron chi connectivity index (χ4n) is 1.31. The van der Waals surface area contributed by atoms with Crippen LogP contribution >= 0.6 is 11.6 Å². The van der Waals surface area contributed by atoms with E-state index in [9.17, 15) is 9.90 Å². The van der Waals surface area contributed by atoms with Crippen LogP contribution < -0.4 is 5.32 Å². The van der Waals surface area contributed by atoms with Gasteiger partial charge in [0.1, 0.15) is 5.38 Å². The summed E-state index contributed by atoms with van der Waals surface area (Å²) >= 11 is 5.83. The molecule has 1 rings (SSSR count). The van der Waals surface area contributed by atoms with E-state index in [1.165, 1.54) is 6.92 Å². The molecule has 0 aromatic heterocycles. The second-order valence-corrected chi connectivity index (χ2v) is 4.92. The van der Waals surface area contributed by atoms with Gasteiger partial charge in [0, 0.05) is 0 Å². The van der Waals surface area contributed by atoms with Gasteiger partial charge in [-0.1, -0.05) is 30.3 Å². The van der Waals surface area contributed by atoms with Gasteiger partial charge in [-0.05, 0) is 12.5 Å². The molecule has 2 unspecified atom stereocenters. The van der Waals surface area contributed by atoms with Crippen molar-refractivity contribution < 1.29 is 19.7 Å². The van der Waals surface area contributed by atoms with Crippen LogP contribution in [0.3, 0.4) is 0 Å². The molecule has 6 heteroatoms. The molecule has 0 fully saturated rings. The molecule has 19 heavy (non-hydrogen) atoms. The van der Waals surface area contributed by atoms with Gasteiger partial charge in [-0.2, -0.15) is 0 Å². The predicted octanol–water partition coefficient (Wildman–Crippen LogP) is 0.628. The van der Waals surface area contributed by atoms with Crippen LogP contribution in [-0.2, 0) is 16.1 Å². The fourth-order valence-corrected chi connectivity index (χ4v) is 1.46. The molecular formula is C13H18ClNO4. The van der Waals surface area contributed by atoms with Gasteiger partial charge in [-0.15, -0.1) is 11.6 Å². The molecule has 0 aliphatic heterocycles. The van der Waals surface area contributed by atoms with E-state index in [0.29, 0.717) is 6.61 Å². The predicted molar refractivity (Wildman–Crippen MR) is 71.6 cm³/mol. The van der Waals surface area contributed by atoms with Crippen LogP contribution in [0, 0.1) is 0 Å². The maximum atomic E-state index is 11.6. The van der Waals surface area contributed by atoms with Crippen LogP contribution in [0.25, 0.3) is 0 Å². The van der Waals surface area contributed by atoms with E-state index in [4.69, 9.17) is 21.4 Å². The largest absolute Gasteiger partial charge is 0.391 e. The zero-order valence-electron chi connectivity index (χ0n) is 10.7. The lowest BCUT2D eigenvalue weighted by Crippen LogP contribution is -2.51. The molecule has 0 saturated carbocycles. The monoisotopic (exact) mass is 287 g/mol. The summed E-state index contributed by atoms with van der Waals surface area (Å²) in [4.78, 5) is 11.6. The highest BCUT2D eigenvalue weighted by Crippen LogP contribution is 2.05. The Balaban J connectivity index is 2.31. The molecule has 0 spiro atoms. The van der Waals surface area contributed by atoms with Crippen molar-refractivity contribution >= 4 is 17.5 Å². The zero-order valence-corrected chi connectivity index (χ0v) is 11.4. The molecule has 1 amide bonds. The quantitative estimate of drug-likeness (QED) is 0.508. The van der Waals surface area contributed by atoms with E-state index in [0.717, 1.165) is 5.56 Å². The number of carbonyl (C=O) groups is 1. The molecule has 0 bridgehead atoms. The van der Waals surface area contributed by atoms with Crippen molar-refractivity contribution in [3.8, 4) is 0 Å². The minimum Gasteiger partial charge on any atom is -0.391 e. The molecule has 0 radical (unpaired) electrons. The molecular weight excluding hydrogens is 270 g/mol. The van der Waals surface area contributed by atoms with Crippen LogP contribution in [0.2, 0.25) is 0 Å². The summed E-state index contributed by atoms with van der Waals surface area (Å²) in [7, 11) is 0. The number of halogens is 1. The van der Waals surface area contributed by atoms with Gasteiger partial charge in [-0.25, -0.2) is 0 Å². The van der Waals surface area contributed by atoms with E-state index in [2.05, 4.69) is 5.32 Å². The highest BCUT2D eigenvalue weighted by molar-refractivity contribution is 6.30. The van der Waals surface area contributed by atoms with E-state index in [1.54, 1.807) is 0 Å². The van der Waals surface area contributed by atoms with Crippen LogP contribution in [0.1, 0.15) is 12.5 Å². The van der Waals surface area contributed by atoms with Crippen molar-refractivity contribution in [2.75, 3.05) is 13.2 Å². The van der Waals surface area contributed by atoms with Gasteiger partial charge in [-0.3, -0.25) is 4.79 Å². The van der Waals surface area contributed by atoms with Crippen molar-refractivity contribution in [2.45, 2.75) is 24.6 Å². The number of rotatable bonds is 7. The topological polar surface area (TPSA) is 78.8 Å². The van der Waals surface area contributed by atoms with Gasteiger partial charge in [0.2, 0.25) is 5.91 Å². The van der Waals surface area contributed by atoms with Crippen molar-refractivity contribution in [3.63, 3.8) is 0 Å². The van der Waals surface area contributed by atoms with E-state index >= 15 is 0 Å². The number of nitrogens with one attached hydrogen (secondary N) is 1. The lowest BCUT2D eigenvalue weighted by atomic mass is 10.2. The van der Waals surface area contributed by atoms with Crippen molar-refractivity contribution in [1.82, 2.24) is 5.32 Å². The maximum absolute atomic E-state index is 11.6. The summed E-state index contributed by atoms with van der Waals surface area (Å²) in [6.45, 7) is 1.06. The highest BCUT2D eigenvalue weighted by Gasteiger charge is 2.25. The minimum absolute atomic E-state index is 0.0177. The van der Waals surface area contributed by atoms with E-state index < -0.39 is 23.6 Å². The summed E-state index contributed by atoms with van der Waals surface area (Å²) in [5, 5.41) is 19.6. The number of aliphatic hydroxyl groups is 2. The molecule has 0 aliphatic rings. The first kappa shape index (κ1) is 15.9. The van der Waals surface area contributed by atoms with Gasteiger partial charge in [0.05, 0.1) is 19.8 Å². The lowest BCUT2D eigenvalue weighted by Gasteiger charge is -2.23. The summed E-state index contributed by atoms with van der Waals surface area (Å²) in [6, 6.07) is 9.49. The molecule has 0 aliphatic carbocycles. The third kappa shape index (κ3) is 6.02. The average Bonchev–Trinajstić information content (AvgIpc) is 2.39. The third-order valence-electron chi connectivity index (χ3n) is 2.36. The van der Waals surface area contributed by atoms with Gasteiger partial charge in [0.15, 0.2) is 5.72 Å². The van der Waals surface area contributed by atoms with Crippen LogP contribution in [0.5, 0.6) is 0 Å². The standard InChI is InChI=1S/C13H18ClNO4/c1-13(18,9-16)15-12(17)11(14)8-19-7-10-5-3-2-4-6-10/h2-6,11,16,18H,7-9H2,1H3,(H,15,17). The van der Waals surface area contributed by atoms with Crippen LogP contribution in [0.4, 0.5) is 0 Å². The normalized spacial score (nSPS) is 15.6. The smallest absolute Gasteiger partial charge is 0.242 e. The van der Waals surface area contributed by atoms with Gasteiger partial charge in [0.25, 0.3) is 0 Å². The molecule has 3 N–H and O–H groups in total. The minimum atomic E-state index is -1.68. The molecule has 0 heterocycles. The van der Waals surface area contributed by atoms with Crippen molar-refractivity contribution in [1.29, 1.82) is 0 Å². The second-order valence-electron chi connectivity index (χ2n) is 4.39. The average molecular weight is 288 g/mol. The maximum Gasteiger partial charge on any atom is 0.242 e. The van der Waals surface area contributed by atoms with Crippen LogP contribution in [0.15, 0.2) is 30.3 Å². The zero-order chi connectivity index (χ0) is 14.3. The van der Waals surface area contributed by atoms with Gasteiger partial charge < -0.3 is 20.3 Å². The number of carbonyl (C=O) groups excluding carboxylic acids is 1. The number of ether oxygens (including phenoxy) is 1. The number of alkyl halides is 1. The van der Waals surface area contributed by atoms with E-state index in [1.807, 2.05) is 30.3 Å². The first-order valence-electron chi connectivity index (χ1n) is 5.85. The summed E-state index contributed by atoms with van der Waals surface area (Å²) in [5.74, 6) is -0.589. The number of hydrogen-bond donors (Lipinski definition) is 3. The number of aliphatic hydroxyl groups excluding tert-OH is 1. The first-order chi connectivity index (χ1) is 8.94. The Hall–Kier alpha value is -1.14. The Bertz CT molecular complexity index is 397. The number of benzene rings is 1. The van der Waals surface area contributed by atoms with Crippen molar-refractivity contribution in [3.05, 3.63) is 35.9 Å². The lowest BCUT2D eigenvalue weighted by molar-refractivity contribution is -0.131. The summed E-state index contributed by atoms with van der Waals surface area (Å²) in [5.41, 5.74) is -0.696.